The lowest BCUT2D eigenvalue weighted by Crippen LogP contribution is -2.20. The van der Waals surface area contributed by atoms with Crippen LogP contribution >= 0.6 is 24.0 Å². The van der Waals surface area contributed by atoms with E-state index in [1.165, 1.54) is 18.6 Å². The Morgan fingerprint density at radius 2 is 2.32 bits per heavy atom. The van der Waals surface area contributed by atoms with Crippen molar-refractivity contribution in [3.8, 4) is 0 Å². The number of nitrogens with two attached hydrogens (primary N) is 1. The molecule has 3 N–H and O–H groups in total. The minimum absolute atomic E-state index is 0.236. The van der Waals surface area contributed by atoms with Gasteiger partial charge in [-0.15, -0.1) is 0 Å². The van der Waals surface area contributed by atoms with Crippen molar-refractivity contribution in [1.29, 1.82) is 0 Å². The van der Waals surface area contributed by atoms with Crippen LogP contribution in [0.25, 0.3) is 0 Å². The van der Waals surface area contributed by atoms with Crippen LogP contribution in [0.15, 0.2) is 18.2 Å². The van der Waals surface area contributed by atoms with Crippen molar-refractivity contribution in [2.24, 2.45) is 5.73 Å². The number of halogens is 1. The fourth-order valence-corrected chi connectivity index (χ4v) is 3.84. The molecule has 0 heterocycles. The molecule has 0 radical (unpaired) electrons. The molecule has 2 unspecified atom stereocenters. The van der Waals surface area contributed by atoms with Crippen LogP contribution in [0.3, 0.4) is 0 Å². The second-order valence-electron chi connectivity index (χ2n) is 4.79. The van der Waals surface area contributed by atoms with Crippen molar-refractivity contribution in [2.45, 2.75) is 37.5 Å². The first-order valence-electron chi connectivity index (χ1n) is 6.57. The molecule has 19 heavy (non-hydrogen) atoms. The first-order valence-corrected chi connectivity index (χ1v) is 8.03. The van der Waals surface area contributed by atoms with Gasteiger partial charge in [0.1, 0.15) is 10.8 Å². The van der Waals surface area contributed by atoms with Gasteiger partial charge in [0, 0.05) is 22.5 Å². The number of anilines is 1. The third kappa shape index (κ3) is 3.83. The van der Waals surface area contributed by atoms with Gasteiger partial charge < -0.3 is 11.1 Å². The van der Waals surface area contributed by atoms with Crippen molar-refractivity contribution < 1.29 is 4.39 Å². The third-order valence-electron chi connectivity index (χ3n) is 3.39. The Kier molecular flexibility index (Phi) is 5.05. The standard InChI is InChI=1S/C14H19FN2S2/c1-2-19-11-5-4-10(8-11)17-13-6-3-9(15)7-12(13)14(16)18/h3,6-7,10-11,17H,2,4-5,8H2,1H3,(H2,16,18). The molecule has 0 amide bonds. The van der Waals surface area contributed by atoms with E-state index in [0.29, 0.717) is 11.6 Å². The van der Waals surface area contributed by atoms with E-state index < -0.39 is 0 Å². The monoisotopic (exact) mass is 298 g/mol. The molecule has 1 aromatic carbocycles. The molecule has 0 bridgehead atoms. The zero-order valence-corrected chi connectivity index (χ0v) is 12.6. The minimum Gasteiger partial charge on any atom is -0.389 e. The predicted octanol–water partition coefficient (Wildman–Crippen LogP) is 3.55. The number of benzene rings is 1. The van der Waals surface area contributed by atoms with Crippen LogP contribution in [0.1, 0.15) is 31.7 Å². The highest BCUT2D eigenvalue weighted by molar-refractivity contribution is 7.99. The van der Waals surface area contributed by atoms with Gasteiger partial charge >= 0.3 is 0 Å². The summed E-state index contributed by atoms with van der Waals surface area (Å²) in [5.41, 5.74) is 7.10. The van der Waals surface area contributed by atoms with E-state index in [2.05, 4.69) is 12.2 Å². The zero-order chi connectivity index (χ0) is 13.8. The second kappa shape index (κ2) is 6.57. The molecular formula is C14H19FN2S2. The van der Waals surface area contributed by atoms with Crippen LogP contribution < -0.4 is 11.1 Å². The van der Waals surface area contributed by atoms with Gasteiger partial charge in [-0.05, 0) is 43.2 Å². The summed E-state index contributed by atoms with van der Waals surface area (Å²) < 4.78 is 13.2. The first kappa shape index (κ1) is 14.6. The number of thioether (sulfide) groups is 1. The Morgan fingerprint density at radius 1 is 1.53 bits per heavy atom. The third-order valence-corrected chi connectivity index (χ3v) is 4.85. The van der Waals surface area contributed by atoms with E-state index in [1.54, 1.807) is 6.07 Å². The van der Waals surface area contributed by atoms with Gasteiger partial charge in [-0.3, -0.25) is 0 Å². The van der Waals surface area contributed by atoms with Gasteiger partial charge in [-0.25, -0.2) is 4.39 Å². The Bertz CT molecular complexity index is 465. The fourth-order valence-electron chi connectivity index (χ4n) is 2.52. The number of hydrogen-bond acceptors (Lipinski definition) is 3. The number of hydrogen-bond donors (Lipinski definition) is 2. The van der Waals surface area contributed by atoms with E-state index in [-0.39, 0.29) is 10.8 Å². The highest BCUT2D eigenvalue weighted by Gasteiger charge is 2.25. The molecule has 1 aliphatic carbocycles. The van der Waals surface area contributed by atoms with E-state index in [0.717, 1.165) is 29.5 Å². The van der Waals surface area contributed by atoms with Crippen molar-refractivity contribution in [2.75, 3.05) is 11.1 Å². The maximum Gasteiger partial charge on any atom is 0.124 e. The van der Waals surface area contributed by atoms with Gasteiger partial charge in [0.05, 0.1) is 0 Å². The first-order chi connectivity index (χ1) is 9.10. The van der Waals surface area contributed by atoms with Gasteiger partial charge in [0.2, 0.25) is 0 Å². The Hall–Kier alpha value is -0.810. The summed E-state index contributed by atoms with van der Waals surface area (Å²) in [6, 6.07) is 5.00. The molecule has 5 heteroatoms. The second-order valence-corrected chi connectivity index (χ2v) is 6.80. The maximum absolute atomic E-state index is 13.2. The number of nitrogens with one attached hydrogen (secondary N) is 1. The molecule has 1 aliphatic rings. The summed E-state index contributed by atoms with van der Waals surface area (Å²) in [4.78, 5) is 0.236. The van der Waals surface area contributed by atoms with Gasteiger partial charge in [0.15, 0.2) is 0 Å². The molecule has 2 nitrogen and oxygen atoms in total. The zero-order valence-electron chi connectivity index (χ0n) is 11.0. The lowest BCUT2D eigenvalue weighted by Gasteiger charge is -2.17. The van der Waals surface area contributed by atoms with E-state index in [1.807, 2.05) is 11.8 Å². The summed E-state index contributed by atoms with van der Waals surface area (Å²) in [6.07, 6.45) is 3.53. The van der Waals surface area contributed by atoms with Crippen molar-refractivity contribution in [3.05, 3.63) is 29.6 Å². The SMILES string of the molecule is CCSC1CCC(Nc2ccc(F)cc2C(N)=S)C1. The Balaban J connectivity index is 2.05. The van der Waals surface area contributed by atoms with E-state index in [4.69, 9.17) is 18.0 Å². The topological polar surface area (TPSA) is 38.0 Å². The van der Waals surface area contributed by atoms with Crippen LogP contribution in [0.4, 0.5) is 10.1 Å². The van der Waals surface area contributed by atoms with Crippen LogP contribution in [0.5, 0.6) is 0 Å². The fraction of sp³-hybridized carbons (Fsp3) is 0.500. The highest BCUT2D eigenvalue weighted by Crippen LogP contribution is 2.32. The summed E-state index contributed by atoms with van der Waals surface area (Å²) >= 11 is 7.00. The molecule has 1 aromatic rings. The van der Waals surface area contributed by atoms with Crippen molar-refractivity contribution in [3.63, 3.8) is 0 Å². The summed E-state index contributed by atoms with van der Waals surface area (Å²) in [5, 5.41) is 4.19. The number of rotatable bonds is 5. The molecule has 1 fully saturated rings. The molecule has 2 atom stereocenters. The number of thiocarbonyl (C=S) groups is 1. The lowest BCUT2D eigenvalue weighted by molar-refractivity contribution is 0.627. The summed E-state index contributed by atoms with van der Waals surface area (Å²) in [7, 11) is 0. The van der Waals surface area contributed by atoms with Crippen LogP contribution in [-0.2, 0) is 0 Å². The smallest absolute Gasteiger partial charge is 0.124 e. The van der Waals surface area contributed by atoms with Crippen LogP contribution in [0, 0.1) is 5.82 Å². The van der Waals surface area contributed by atoms with Gasteiger partial charge in [0.25, 0.3) is 0 Å². The van der Waals surface area contributed by atoms with Gasteiger partial charge in [-0.2, -0.15) is 11.8 Å². The molecule has 104 valence electrons. The van der Waals surface area contributed by atoms with Crippen molar-refractivity contribution in [1.82, 2.24) is 0 Å². The average molecular weight is 298 g/mol. The Morgan fingerprint density at radius 3 is 3.00 bits per heavy atom. The molecular weight excluding hydrogens is 279 g/mol. The normalized spacial score (nSPS) is 22.4. The lowest BCUT2D eigenvalue weighted by atomic mass is 10.1. The van der Waals surface area contributed by atoms with E-state index in [9.17, 15) is 4.39 Å². The van der Waals surface area contributed by atoms with Crippen LogP contribution in [-0.4, -0.2) is 22.0 Å². The van der Waals surface area contributed by atoms with Crippen LogP contribution in [0.2, 0.25) is 0 Å². The largest absolute Gasteiger partial charge is 0.389 e. The molecule has 0 aliphatic heterocycles. The van der Waals surface area contributed by atoms with Gasteiger partial charge in [-0.1, -0.05) is 19.1 Å². The molecule has 2 rings (SSSR count). The quantitative estimate of drug-likeness (QED) is 0.815. The van der Waals surface area contributed by atoms with E-state index >= 15 is 0 Å². The Labute approximate surface area is 123 Å². The molecule has 0 spiro atoms. The highest BCUT2D eigenvalue weighted by atomic mass is 32.2. The average Bonchev–Trinajstić information content (AvgIpc) is 2.79. The maximum atomic E-state index is 13.2. The summed E-state index contributed by atoms with van der Waals surface area (Å²) in [5.74, 6) is 0.852. The minimum atomic E-state index is -0.306. The molecule has 0 saturated heterocycles. The molecule has 1 saturated carbocycles. The predicted molar refractivity (Wildman–Crippen MR) is 85.5 cm³/mol. The summed E-state index contributed by atoms with van der Waals surface area (Å²) in [6.45, 7) is 2.19. The van der Waals surface area contributed by atoms with Crippen molar-refractivity contribution >= 4 is 34.7 Å². The molecule has 0 aromatic heterocycles.